The number of hydrogen-bond acceptors (Lipinski definition) is 6. The van der Waals surface area contributed by atoms with E-state index in [0.29, 0.717) is 19.3 Å². The third kappa shape index (κ3) is 64.2. The lowest BCUT2D eigenvalue weighted by atomic mass is 10.0. The van der Waals surface area contributed by atoms with Crippen LogP contribution in [0, 0.1) is 0 Å². The van der Waals surface area contributed by atoms with Crippen LogP contribution in [0.3, 0.4) is 0 Å². The Morgan fingerprint density at radius 1 is 0.269 bits per heavy atom. The number of ether oxygens (including phenoxy) is 3. The summed E-state index contributed by atoms with van der Waals surface area (Å²) in [5, 5.41) is 0. The quantitative estimate of drug-likeness (QED) is 0.0261. The normalized spacial score (nSPS) is 12.3. The van der Waals surface area contributed by atoms with Crippen molar-refractivity contribution in [2.75, 3.05) is 13.2 Å². The second kappa shape index (κ2) is 66.9. The number of carbonyl (C=O) groups excluding carboxylic acids is 3. The molecule has 456 valence electrons. The van der Waals surface area contributed by atoms with Gasteiger partial charge in [0.1, 0.15) is 13.2 Å². The minimum Gasteiger partial charge on any atom is -0.462 e. The van der Waals surface area contributed by atoms with Crippen molar-refractivity contribution in [1.82, 2.24) is 0 Å². The Balaban J connectivity index is 3.96. The molecule has 0 aliphatic heterocycles. The molecule has 0 aliphatic carbocycles. The van der Waals surface area contributed by atoms with Crippen LogP contribution in [0.2, 0.25) is 0 Å². The maximum atomic E-state index is 12.9. The van der Waals surface area contributed by atoms with Crippen LogP contribution in [0.25, 0.3) is 0 Å². The first kappa shape index (κ1) is 75.4. The summed E-state index contributed by atoms with van der Waals surface area (Å²) < 4.78 is 16.9. The molecule has 0 amide bonds. The molecule has 0 rings (SSSR count). The van der Waals surface area contributed by atoms with E-state index in [1.807, 2.05) is 0 Å². The molecule has 0 radical (unpaired) electrons. The molecule has 0 spiro atoms. The SMILES string of the molecule is CC/C=C\C/C=C\C/C=C\CCCCCCCCCC(=O)OC(COC(=O)CCCCCCCCCC)COC(=O)CCCCCCCCCCCCCCCCCCCCCCCCC/C=C\CCCCCCCCCC. The van der Waals surface area contributed by atoms with Gasteiger partial charge in [-0.3, -0.25) is 14.4 Å². The van der Waals surface area contributed by atoms with Crippen molar-refractivity contribution < 1.29 is 28.6 Å². The number of rotatable bonds is 64. The van der Waals surface area contributed by atoms with Crippen molar-refractivity contribution in [3.05, 3.63) is 48.6 Å². The van der Waals surface area contributed by atoms with E-state index in [0.717, 1.165) is 83.5 Å². The summed E-state index contributed by atoms with van der Waals surface area (Å²) in [6.07, 6.45) is 84.7. The molecule has 6 heteroatoms. The number of unbranched alkanes of at least 4 members (excludes halogenated alkanes) is 45. The smallest absolute Gasteiger partial charge is 0.306 e. The van der Waals surface area contributed by atoms with Gasteiger partial charge in [0.25, 0.3) is 0 Å². The molecule has 0 bridgehead atoms. The van der Waals surface area contributed by atoms with E-state index < -0.39 is 6.10 Å². The Morgan fingerprint density at radius 3 is 0.795 bits per heavy atom. The van der Waals surface area contributed by atoms with Crippen molar-refractivity contribution in [1.29, 1.82) is 0 Å². The Kier molecular flexibility index (Phi) is 64.6. The van der Waals surface area contributed by atoms with E-state index in [1.54, 1.807) is 0 Å². The van der Waals surface area contributed by atoms with Gasteiger partial charge in [-0.25, -0.2) is 0 Å². The number of allylic oxidation sites excluding steroid dienone is 8. The van der Waals surface area contributed by atoms with Crippen LogP contribution in [-0.4, -0.2) is 37.2 Å². The third-order valence-electron chi connectivity index (χ3n) is 15.6. The molecular weight excluding hydrogens is 961 g/mol. The lowest BCUT2D eigenvalue weighted by molar-refractivity contribution is -0.167. The lowest BCUT2D eigenvalue weighted by Gasteiger charge is -2.18. The van der Waals surface area contributed by atoms with E-state index in [1.165, 1.54) is 250 Å². The van der Waals surface area contributed by atoms with Crippen molar-refractivity contribution in [3.63, 3.8) is 0 Å². The minimum absolute atomic E-state index is 0.0727. The zero-order valence-electron chi connectivity index (χ0n) is 52.5. The van der Waals surface area contributed by atoms with Gasteiger partial charge in [0.15, 0.2) is 6.10 Å². The highest BCUT2D eigenvalue weighted by Gasteiger charge is 2.19. The van der Waals surface area contributed by atoms with E-state index in [9.17, 15) is 14.4 Å². The van der Waals surface area contributed by atoms with E-state index in [-0.39, 0.29) is 31.1 Å². The summed E-state index contributed by atoms with van der Waals surface area (Å²) in [6, 6.07) is 0. The third-order valence-corrected chi connectivity index (χ3v) is 15.6. The lowest BCUT2D eigenvalue weighted by Crippen LogP contribution is -2.30. The minimum atomic E-state index is -0.774. The van der Waals surface area contributed by atoms with Gasteiger partial charge in [0.2, 0.25) is 0 Å². The Hall–Kier alpha value is -2.63. The van der Waals surface area contributed by atoms with Gasteiger partial charge in [-0.05, 0) is 77.0 Å². The van der Waals surface area contributed by atoms with Gasteiger partial charge in [0.05, 0.1) is 0 Å². The highest BCUT2D eigenvalue weighted by atomic mass is 16.6. The molecule has 6 nitrogen and oxygen atoms in total. The molecule has 0 heterocycles. The summed E-state index contributed by atoms with van der Waals surface area (Å²) >= 11 is 0. The Labute approximate surface area is 486 Å². The van der Waals surface area contributed by atoms with Crippen molar-refractivity contribution in [2.24, 2.45) is 0 Å². The predicted molar refractivity (Wildman–Crippen MR) is 339 cm³/mol. The topological polar surface area (TPSA) is 78.9 Å². The second-order valence-electron chi connectivity index (χ2n) is 23.4. The molecule has 0 aliphatic rings. The maximum Gasteiger partial charge on any atom is 0.306 e. The van der Waals surface area contributed by atoms with Crippen LogP contribution < -0.4 is 0 Å². The van der Waals surface area contributed by atoms with Gasteiger partial charge in [-0.2, -0.15) is 0 Å². The molecule has 1 atom stereocenters. The van der Waals surface area contributed by atoms with Gasteiger partial charge in [0, 0.05) is 19.3 Å². The predicted octanol–water partition coefficient (Wildman–Crippen LogP) is 23.7. The average Bonchev–Trinajstić information content (AvgIpc) is 3.44. The largest absolute Gasteiger partial charge is 0.462 e. The molecule has 0 saturated heterocycles. The number of carbonyl (C=O) groups is 3. The highest BCUT2D eigenvalue weighted by molar-refractivity contribution is 5.71. The number of hydrogen-bond donors (Lipinski definition) is 0. The first-order valence-electron chi connectivity index (χ1n) is 34.6. The van der Waals surface area contributed by atoms with Gasteiger partial charge in [-0.15, -0.1) is 0 Å². The van der Waals surface area contributed by atoms with Crippen molar-refractivity contribution in [3.8, 4) is 0 Å². The fourth-order valence-electron chi connectivity index (χ4n) is 10.4. The molecule has 0 aromatic carbocycles. The molecule has 78 heavy (non-hydrogen) atoms. The second-order valence-corrected chi connectivity index (χ2v) is 23.4. The highest BCUT2D eigenvalue weighted by Crippen LogP contribution is 2.18. The molecule has 1 unspecified atom stereocenters. The first-order valence-corrected chi connectivity index (χ1v) is 34.6. The zero-order chi connectivity index (χ0) is 56.4. The summed E-state index contributed by atoms with van der Waals surface area (Å²) in [7, 11) is 0. The van der Waals surface area contributed by atoms with Crippen LogP contribution in [-0.2, 0) is 28.6 Å². The number of esters is 3. The Bertz CT molecular complexity index is 1350. The molecule has 0 N–H and O–H groups in total. The van der Waals surface area contributed by atoms with Crippen LogP contribution in [0.4, 0.5) is 0 Å². The van der Waals surface area contributed by atoms with Crippen LogP contribution in [0.1, 0.15) is 374 Å². The van der Waals surface area contributed by atoms with Crippen LogP contribution in [0.15, 0.2) is 48.6 Å². The first-order chi connectivity index (χ1) is 38.5. The Morgan fingerprint density at radius 2 is 0.500 bits per heavy atom. The molecule has 0 saturated carbocycles. The fraction of sp³-hybridized carbons (Fsp3) is 0.847. The maximum absolute atomic E-state index is 12.9. The molecule has 0 fully saturated rings. The van der Waals surface area contributed by atoms with E-state index in [2.05, 4.69) is 69.4 Å². The van der Waals surface area contributed by atoms with Crippen molar-refractivity contribution in [2.45, 2.75) is 380 Å². The van der Waals surface area contributed by atoms with Gasteiger partial charge < -0.3 is 14.2 Å². The fourth-order valence-corrected chi connectivity index (χ4v) is 10.4. The van der Waals surface area contributed by atoms with Crippen LogP contribution >= 0.6 is 0 Å². The standard InChI is InChI=1S/C72H132O6/c1-4-7-10-13-16-19-21-23-25-27-28-29-30-31-32-33-34-35-36-37-38-39-40-41-42-43-44-46-47-49-51-53-56-59-62-65-71(74)77-68-69(67-76-70(73)64-61-58-55-18-15-12-9-6-3)78-72(75)66-63-60-57-54-52-50-48-45-26-24-22-20-17-14-11-8-5-2/h8,11,17,20,24,26-28,69H,4-7,9-10,12-16,18-19,21-23,25,29-68H2,1-3H3/b11-8-,20-17-,26-24-,28-27-. The molecule has 0 aromatic rings. The zero-order valence-corrected chi connectivity index (χ0v) is 52.5. The summed E-state index contributed by atoms with van der Waals surface area (Å²) in [5.41, 5.74) is 0. The summed E-state index contributed by atoms with van der Waals surface area (Å²) in [4.78, 5) is 38.1. The van der Waals surface area contributed by atoms with Crippen molar-refractivity contribution >= 4 is 17.9 Å². The van der Waals surface area contributed by atoms with Crippen LogP contribution in [0.5, 0.6) is 0 Å². The van der Waals surface area contributed by atoms with E-state index in [4.69, 9.17) is 14.2 Å². The monoisotopic (exact) mass is 1090 g/mol. The molecular formula is C72H132O6. The summed E-state index contributed by atoms with van der Waals surface area (Å²) in [5.74, 6) is -0.867. The van der Waals surface area contributed by atoms with Gasteiger partial charge in [-0.1, -0.05) is 326 Å². The van der Waals surface area contributed by atoms with E-state index >= 15 is 0 Å². The average molecular weight is 1090 g/mol. The molecule has 0 aromatic heterocycles. The summed E-state index contributed by atoms with van der Waals surface area (Å²) in [6.45, 7) is 6.54. The van der Waals surface area contributed by atoms with Gasteiger partial charge >= 0.3 is 17.9 Å².